The van der Waals surface area contributed by atoms with E-state index in [9.17, 15) is 9.59 Å². The second kappa shape index (κ2) is 8.12. The number of amides is 2. The smallest absolute Gasteiger partial charge is 0.254 e. The Balaban J connectivity index is 1.81. The lowest BCUT2D eigenvalue weighted by Crippen LogP contribution is -2.57. The predicted molar refractivity (Wildman–Crippen MR) is 103 cm³/mol. The number of carbonyl (C=O) groups excluding carboxylic acids is 2. The average Bonchev–Trinajstić information content (AvgIpc) is 2.70. The highest BCUT2D eigenvalue weighted by atomic mass is 16.5. The van der Waals surface area contributed by atoms with Gasteiger partial charge in [0.25, 0.3) is 5.91 Å². The molecule has 0 aromatic heterocycles. The van der Waals surface area contributed by atoms with Gasteiger partial charge in [-0.3, -0.25) is 9.59 Å². The Hall–Kier alpha value is -3.02. The molecule has 2 aromatic carbocycles. The van der Waals surface area contributed by atoms with Crippen LogP contribution in [0.5, 0.6) is 11.5 Å². The van der Waals surface area contributed by atoms with E-state index in [1.54, 1.807) is 48.1 Å². The number of piperazine rings is 1. The van der Waals surface area contributed by atoms with Gasteiger partial charge in [0.15, 0.2) is 0 Å². The van der Waals surface area contributed by atoms with Gasteiger partial charge >= 0.3 is 0 Å². The van der Waals surface area contributed by atoms with Crippen LogP contribution in [0.25, 0.3) is 0 Å². The molecular weight excluding hydrogens is 344 g/mol. The molecule has 1 saturated heterocycles. The Morgan fingerprint density at radius 2 is 1.93 bits per heavy atom. The number of para-hydroxylation sites is 2. The number of ether oxygens (including phenoxy) is 2. The van der Waals surface area contributed by atoms with E-state index in [1.807, 2.05) is 31.2 Å². The molecule has 1 unspecified atom stereocenters. The second-order valence-electron chi connectivity index (χ2n) is 6.30. The first-order valence-corrected chi connectivity index (χ1v) is 9.05. The fourth-order valence-corrected chi connectivity index (χ4v) is 3.27. The first-order valence-electron chi connectivity index (χ1n) is 9.05. The van der Waals surface area contributed by atoms with Gasteiger partial charge in [-0.25, -0.2) is 0 Å². The van der Waals surface area contributed by atoms with Crippen LogP contribution >= 0.6 is 0 Å². The molecule has 2 amide bonds. The fraction of sp³-hybridized carbons (Fsp3) is 0.333. The standard InChI is InChI=1S/C21H24N2O4/c1-4-27-19-11-6-5-10-18(19)23-13-12-22(15(2)20(23)24)21(25)16-8-7-9-17(14-16)26-3/h5-11,14-15H,4,12-13H2,1-3H3. The number of carbonyl (C=O) groups is 2. The fourth-order valence-electron chi connectivity index (χ4n) is 3.27. The highest BCUT2D eigenvalue weighted by Gasteiger charge is 2.36. The van der Waals surface area contributed by atoms with Crippen molar-refractivity contribution in [3.05, 3.63) is 54.1 Å². The molecule has 0 saturated carbocycles. The maximum absolute atomic E-state index is 13.0. The summed E-state index contributed by atoms with van der Waals surface area (Å²) in [7, 11) is 1.56. The zero-order valence-electron chi connectivity index (χ0n) is 15.8. The van der Waals surface area contributed by atoms with Crippen molar-refractivity contribution in [2.75, 3.05) is 31.7 Å². The Bertz CT molecular complexity index is 836. The Labute approximate surface area is 159 Å². The summed E-state index contributed by atoms with van der Waals surface area (Å²) in [6.45, 7) is 5.06. The molecule has 0 aliphatic carbocycles. The lowest BCUT2D eigenvalue weighted by molar-refractivity contribution is -0.124. The van der Waals surface area contributed by atoms with Gasteiger partial charge in [-0.1, -0.05) is 18.2 Å². The number of nitrogens with zero attached hydrogens (tertiary/aromatic N) is 2. The van der Waals surface area contributed by atoms with Crippen molar-refractivity contribution in [1.29, 1.82) is 0 Å². The van der Waals surface area contributed by atoms with Crippen LogP contribution in [-0.2, 0) is 4.79 Å². The minimum atomic E-state index is -0.563. The molecular formula is C21H24N2O4. The average molecular weight is 368 g/mol. The van der Waals surface area contributed by atoms with Crippen molar-refractivity contribution in [2.45, 2.75) is 19.9 Å². The summed E-state index contributed by atoms with van der Waals surface area (Å²) < 4.78 is 10.8. The van der Waals surface area contributed by atoms with Crippen LogP contribution < -0.4 is 14.4 Å². The monoisotopic (exact) mass is 368 g/mol. The zero-order chi connectivity index (χ0) is 19.4. The normalized spacial score (nSPS) is 17.0. The molecule has 1 aliphatic heterocycles. The van der Waals surface area contributed by atoms with Gasteiger partial charge < -0.3 is 19.3 Å². The van der Waals surface area contributed by atoms with Crippen molar-refractivity contribution < 1.29 is 19.1 Å². The van der Waals surface area contributed by atoms with E-state index < -0.39 is 6.04 Å². The third-order valence-corrected chi connectivity index (χ3v) is 4.69. The number of hydrogen-bond acceptors (Lipinski definition) is 4. The van der Waals surface area contributed by atoms with Crippen molar-refractivity contribution in [3.8, 4) is 11.5 Å². The molecule has 6 heteroatoms. The molecule has 0 N–H and O–H groups in total. The largest absolute Gasteiger partial charge is 0.497 e. The lowest BCUT2D eigenvalue weighted by Gasteiger charge is -2.39. The van der Waals surface area contributed by atoms with Gasteiger partial charge in [0, 0.05) is 18.7 Å². The Morgan fingerprint density at radius 3 is 2.67 bits per heavy atom. The van der Waals surface area contributed by atoms with Crippen molar-refractivity contribution in [3.63, 3.8) is 0 Å². The topological polar surface area (TPSA) is 59.1 Å². The SMILES string of the molecule is CCOc1ccccc1N1CCN(C(=O)c2cccc(OC)c2)C(C)C1=O. The molecule has 6 nitrogen and oxygen atoms in total. The van der Waals surface area contributed by atoms with Gasteiger partial charge in [0.1, 0.15) is 17.5 Å². The second-order valence-corrected chi connectivity index (χ2v) is 6.30. The molecule has 1 atom stereocenters. The highest BCUT2D eigenvalue weighted by Crippen LogP contribution is 2.31. The van der Waals surface area contributed by atoms with Crippen LogP contribution in [-0.4, -0.2) is 49.6 Å². The number of benzene rings is 2. The molecule has 27 heavy (non-hydrogen) atoms. The van der Waals surface area contributed by atoms with Crippen LogP contribution in [0.15, 0.2) is 48.5 Å². The predicted octanol–water partition coefficient (Wildman–Crippen LogP) is 2.97. The summed E-state index contributed by atoms with van der Waals surface area (Å²) in [5.41, 5.74) is 1.25. The van der Waals surface area contributed by atoms with E-state index in [2.05, 4.69) is 0 Å². The molecule has 0 radical (unpaired) electrons. The van der Waals surface area contributed by atoms with Gasteiger partial charge in [0.05, 0.1) is 19.4 Å². The summed E-state index contributed by atoms with van der Waals surface area (Å²) >= 11 is 0. The van der Waals surface area contributed by atoms with Crippen LogP contribution in [0, 0.1) is 0 Å². The Kier molecular flexibility index (Phi) is 5.64. The van der Waals surface area contributed by atoms with Gasteiger partial charge in [-0.15, -0.1) is 0 Å². The van der Waals surface area contributed by atoms with E-state index in [4.69, 9.17) is 9.47 Å². The zero-order valence-corrected chi connectivity index (χ0v) is 15.8. The summed E-state index contributed by atoms with van der Waals surface area (Å²) in [5.74, 6) is 0.995. The van der Waals surface area contributed by atoms with Crippen LogP contribution in [0.2, 0.25) is 0 Å². The molecule has 0 spiro atoms. The number of methoxy groups -OCH3 is 1. The summed E-state index contributed by atoms with van der Waals surface area (Å²) in [6.07, 6.45) is 0. The molecule has 1 aliphatic rings. The number of hydrogen-bond donors (Lipinski definition) is 0. The molecule has 142 valence electrons. The molecule has 0 bridgehead atoms. The van der Waals surface area contributed by atoms with E-state index in [1.165, 1.54) is 0 Å². The third kappa shape index (κ3) is 3.74. The van der Waals surface area contributed by atoms with Crippen LogP contribution in [0.4, 0.5) is 5.69 Å². The summed E-state index contributed by atoms with van der Waals surface area (Å²) in [6, 6.07) is 13.9. The van der Waals surface area contributed by atoms with Crippen LogP contribution in [0.3, 0.4) is 0 Å². The van der Waals surface area contributed by atoms with E-state index in [-0.39, 0.29) is 11.8 Å². The van der Waals surface area contributed by atoms with Gasteiger partial charge in [-0.05, 0) is 44.2 Å². The quantitative estimate of drug-likeness (QED) is 0.814. The highest BCUT2D eigenvalue weighted by molar-refractivity contribution is 6.04. The van der Waals surface area contributed by atoms with Gasteiger partial charge in [0.2, 0.25) is 5.91 Å². The maximum Gasteiger partial charge on any atom is 0.254 e. The number of rotatable bonds is 5. The van der Waals surface area contributed by atoms with Gasteiger partial charge in [-0.2, -0.15) is 0 Å². The van der Waals surface area contributed by atoms with Crippen molar-refractivity contribution in [2.24, 2.45) is 0 Å². The van der Waals surface area contributed by atoms with Crippen molar-refractivity contribution in [1.82, 2.24) is 4.90 Å². The molecule has 2 aromatic rings. The maximum atomic E-state index is 13.0. The minimum absolute atomic E-state index is 0.121. The molecule has 1 heterocycles. The number of anilines is 1. The van der Waals surface area contributed by atoms with E-state index >= 15 is 0 Å². The minimum Gasteiger partial charge on any atom is -0.497 e. The van der Waals surface area contributed by atoms with E-state index in [0.29, 0.717) is 36.8 Å². The molecule has 3 rings (SSSR count). The van der Waals surface area contributed by atoms with Crippen LogP contribution in [0.1, 0.15) is 24.2 Å². The Morgan fingerprint density at radius 1 is 1.15 bits per heavy atom. The van der Waals surface area contributed by atoms with Crippen molar-refractivity contribution >= 4 is 17.5 Å². The lowest BCUT2D eigenvalue weighted by atomic mass is 10.1. The van der Waals surface area contributed by atoms with E-state index in [0.717, 1.165) is 5.69 Å². The third-order valence-electron chi connectivity index (χ3n) is 4.69. The summed E-state index contributed by atoms with van der Waals surface area (Å²) in [4.78, 5) is 29.2. The first-order chi connectivity index (χ1) is 13.1. The first kappa shape index (κ1) is 18.8. The molecule has 1 fully saturated rings. The summed E-state index contributed by atoms with van der Waals surface area (Å²) in [5, 5.41) is 0.